The average molecular weight is 191 g/mol. The number of hydrogen-bond donors (Lipinski definition) is 1. The van der Waals surface area contributed by atoms with Gasteiger partial charge in [0.1, 0.15) is 5.83 Å². The summed E-state index contributed by atoms with van der Waals surface area (Å²) in [5, 5.41) is 3.35. The third kappa shape index (κ3) is 2.34. The van der Waals surface area contributed by atoms with Crippen molar-refractivity contribution in [3.8, 4) is 0 Å². The zero-order valence-corrected chi connectivity index (χ0v) is 8.04. The van der Waals surface area contributed by atoms with E-state index in [0.29, 0.717) is 0 Å². The summed E-state index contributed by atoms with van der Waals surface area (Å²) in [5.74, 6) is -0.129. The van der Waals surface area contributed by atoms with E-state index in [4.69, 9.17) is 0 Å². The van der Waals surface area contributed by atoms with Crippen LogP contribution in [0.15, 0.2) is 48.0 Å². The van der Waals surface area contributed by atoms with Crippen LogP contribution in [0.25, 0.3) is 0 Å². The van der Waals surface area contributed by atoms with Crippen LogP contribution in [0.2, 0.25) is 0 Å². The molecule has 2 aliphatic rings. The number of rotatable bonds is 2. The normalized spacial score (nSPS) is 25.6. The van der Waals surface area contributed by atoms with Crippen LogP contribution in [0, 0.1) is 0 Å². The summed E-state index contributed by atoms with van der Waals surface area (Å²) >= 11 is 0. The molecule has 1 unspecified atom stereocenters. The van der Waals surface area contributed by atoms with E-state index in [2.05, 4.69) is 23.5 Å². The maximum Gasteiger partial charge on any atom is 0.119 e. The molecule has 2 rings (SSSR count). The lowest BCUT2D eigenvalue weighted by Crippen LogP contribution is -2.26. The average Bonchev–Trinajstić information content (AvgIpc) is 2.23. The second kappa shape index (κ2) is 4.27. The van der Waals surface area contributed by atoms with Gasteiger partial charge in [-0.05, 0) is 37.5 Å². The fourth-order valence-electron chi connectivity index (χ4n) is 1.64. The molecule has 0 aliphatic heterocycles. The Kier molecular flexibility index (Phi) is 2.82. The van der Waals surface area contributed by atoms with Gasteiger partial charge in [-0.15, -0.1) is 0 Å². The fourth-order valence-corrected chi connectivity index (χ4v) is 1.64. The first-order valence-electron chi connectivity index (χ1n) is 5.02. The van der Waals surface area contributed by atoms with E-state index in [1.54, 1.807) is 6.08 Å². The molecular formula is C12H14FN. The minimum Gasteiger partial charge on any atom is -0.379 e. The van der Waals surface area contributed by atoms with Gasteiger partial charge in [-0.3, -0.25) is 0 Å². The van der Waals surface area contributed by atoms with Crippen molar-refractivity contribution in [1.29, 1.82) is 0 Å². The molecule has 2 heteroatoms. The first kappa shape index (κ1) is 9.25. The predicted octanol–water partition coefficient (Wildman–Crippen LogP) is 2.99. The molecule has 0 fully saturated rings. The molecule has 0 radical (unpaired) electrons. The predicted molar refractivity (Wildman–Crippen MR) is 56.3 cm³/mol. The first-order chi connectivity index (χ1) is 6.84. The van der Waals surface area contributed by atoms with Gasteiger partial charge in [0, 0.05) is 11.7 Å². The van der Waals surface area contributed by atoms with Crippen molar-refractivity contribution in [2.75, 3.05) is 0 Å². The molecule has 0 amide bonds. The Labute approximate surface area is 83.7 Å². The summed E-state index contributed by atoms with van der Waals surface area (Å²) in [5.41, 5.74) is 1.15. The van der Waals surface area contributed by atoms with Crippen LogP contribution in [0.1, 0.15) is 19.3 Å². The second-order valence-electron chi connectivity index (χ2n) is 3.57. The molecule has 1 nitrogen and oxygen atoms in total. The van der Waals surface area contributed by atoms with Crippen LogP contribution in [0.3, 0.4) is 0 Å². The summed E-state index contributed by atoms with van der Waals surface area (Å²) in [6.07, 6.45) is 14.4. The van der Waals surface area contributed by atoms with Gasteiger partial charge in [0.2, 0.25) is 0 Å². The second-order valence-corrected chi connectivity index (χ2v) is 3.57. The maximum atomic E-state index is 12.7. The van der Waals surface area contributed by atoms with Crippen LogP contribution in [-0.2, 0) is 0 Å². The molecule has 0 saturated carbocycles. The van der Waals surface area contributed by atoms with Gasteiger partial charge in [-0.1, -0.05) is 18.2 Å². The smallest absolute Gasteiger partial charge is 0.119 e. The summed E-state index contributed by atoms with van der Waals surface area (Å²) in [6, 6.07) is 0.239. The standard InChI is InChI=1S/C12H14FN/c13-10-6-8-12(9-7-10)14-11-4-2-1-3-5-11/h2,4-8,12,14H,1,3,9H2. The molecule has 0 aromatic heterocycles. The van der Waals surface area contributed by atoms with Crippen molar-refractivity contribution in [3.05, 3.63) is 48.0 Å². The van der Waals surface area contributed by atoms with Crippen molar-refractivity contribution in [3.63, 3.8) is 0 Å². The van der Waals surface area contributed by atoms with E-state index < -0.39 is 0 Å². The number of allylic oxidation sites excluding steroid dienone is 5. The zero-order chi connectivity index (χ0) is 9.80. The Hall–Kier alpha value is -1.31. The Morgan fingerprint density at radius 1 is 1.21 bits per heavy atom. The largest absolute Gasteiger partial charge is 0.379 e. The van der Waals surface area contributed by atoms with E-state index in [0.717, 1.165) is 25.0 Å². The third-order valence-corrected chi connectivity index (χ3v) is 2.40. The maximum absolute atomic E-state index is 12.7. The Bertz CT molecular complexity index is 323. The highest BCUT2D eigenvalue weighted by Crippen LogP contribution is 2.14. The Balaban J connectivity index is 1.90. The molecule has 14 heavy (non-hydrogen) atoms. The molecule has 0 heterocycles. The van der Waals surface area contributed by atoms with Crippen molar-refractivity contribution in [2.24, 2.45) is 0 Å². The van der Waals surface area contributed by atoms with Gasteiger partial charge < -0.3 is 5.32 Å². The van der Waals surface area contributed by atoms with Crippen LogP contribution < -0.4 is 5.32 Å². The quantitative estimate of drug-likeness (QED) is 0.707. The fraction of sp³-hybridized carbons (Fsp3) is 0.333. The highest BCUT2D eigenvalue weighted by molar-refractivity contribution is 5.25. The Morgan fingerprint density at radius 2 is 2.14 bits per heavy atom. The lowest BCUT2D eigenvalue weighted by atomic mass is 10.1. The number of nitrogens with one attached hydrogen (secondary N) is 1. The molecular weight excluding hydrogens is 177 g/mol. The van der Waals surface area contributed by atoms with Crippen molar-refractivity contribution >= 4 is 0 Å². The lowest BCUT2D eigenvalue weighted by Gasteiger charge is -2.19. The molecule has 0 bridgehead atoms. The third-order valence-electron chi connectivity index (χ3n) is 2.40. The van der Waals surface area contributed by atoms with Gasteiger partial charge in [-0.2, -0.15) is 0 Å². The number of hydrogen-bond acceptors (Lipinski definition) is 1. The zero-order valence-electron chi connectivity index (χ0n) is 8.04. The monoisotopic (exact) mass is 191 g/mol. The lowest BCUT2D eigenvalue weighted by molar-refractivity contribution is 0.615. The van der Waals surface area contributed by atoms with Gasteiger partial charge in [0.25, 0.3) is 0 Å². The van der Waals surface area contributed by atoms with Crippen molar-refractivity contribution in [1.82, 2.24) is 5.32 Å². The molecule has 0 spiro atoms. The molecule has 74 valence electrons. The van der Waals surface area contributed by atoms with Crippen LogP contribution >= 0.6 is 0 Å². The highest BCUT2D eigenvalue weighted by atomic mass is 19.1. The summed E-state index contributed by atoms with van der Waals surface area (Å²) in [7, 11) is 0. The molecule has 1 N–H and O–H groups in total. The molecule has 0 aromatic carbocycles. The molecule has 0 aromatic rings. The highest BCUT2D eigenvalue weighted by Gasteiger charge is 2.08. The van der Waals surface area contributed by atoms with Gasteiger partial charge >= 0.3 is 0 Å². The van der Waals surface area contributed by atoms with Crippen LogP contribution in [0.4, 0.5) is 4.39 Å². The van der Waals surface area contributed by atoms with Crippen LogP contribution in [-0.4, -0.2) is 6.04 Å². The van der Waals surface area contributed by atoms with E-state index in [9.17, 15) is 4.39 Å². The topological polar surface area (TPSA) is 12.0 Å². The van der Waals surface area contributed by atoms with Gasteiger partial charge in [0.05, 0.1) is 0 Å². The van der Waals surface area contributed by atoms with E-state index in [1.807, 2.05) is 6.08 Å². The van der Waals surface area contributed by atoms with Gasteiger partial charge in [0.15, 0.2) is 0 Å². The summed E-state index contributed by atoms with van der Waals surface area (Å²) in [4.78, 5) is 0. The minimum atomic E-state index is -0.129. The summed E-state index contributed by atoms with van der Waals surface area (Å²) < 4.78 is 12.7. The first-order valence-corrected chi connectivity index (χ1v) is 5.02. The van der Waals surface area contributed by atoms with E-state index in [1.165, 1.54) is 6.08 Å². The number of halogens is 1. The van der Waals surface area contributed by atoms with E-state index >= 15 is 0 Å². The van der Waals surface area contributed by atoms with Crippen LogP contribution in [0.5, 0.6) is 0 Å². The molecule has 1 atom stereocenters. The summed E-state index contributed by atoms with van der Waals surface area (Å²) in [6.45, 7) is 0. The Morgan fingerprint density at radius 3 is 2.79 bits per heavy atom. The molecule has 2 aliphatic carbocycles. The minimum absolute atomic E-state index is 0.129. The molecule has 0 saturated heterocycles. The van der Waals surface area contributed by atoms with Crippen molar-refractivity contribution in [2.45, 2.75) is 25.3 Å². The van der Waals surface area contributed by atoms with Crippen molar-refractivity contribution < 1.29 is 4.39 Å². The SMILES string of the molecule is FC1=CCC(NC2=CCCC=C2)C=C1. The van der Waals surface area contributed by atoms with E-state index in [-0.39, 0.29) is 11.9 Å². The van der Waals surface area contributed by atoms with Gasteiger partial charge in [-0.25, -0.2) is 4.39 Å².